The lowest BCUT2D eigenvalue weighted by Crippen LogP contribution is -2.50. The van der Waals surface area contributed by atoms with Gasteiger partial charge in [0.1, 0.15) is 5.75 Å². The third kappa shape index (κ3) is 4.04. The number of carbonyl (C=O) groups is 1. The number of nitrogens with two attached hydrogens (primary N) is 1. The lowest BCUT2D eigenvalue weighted by molar-refractivity contribution is -0.123. The molecule has 0 spiro atoms. The summed E-state index contributed by atoms with van der Waals surface area (Å²) in [6.07, 6.45) is 0.121. The summed E-state index contributed by atoms with van der Waals surface area (Å²) in [6, 6.07) is 7.78. The van der Waals surface area contributed by atoms with E-state index in [-0.39, 0.29) is 12.0 Å². The summed E-state index contributed by atoms with van der Waals surface area (Å²) in [5.74, 6) is 0.463. The van der Waals surface area contributed by atoms with Gasteiger partial charge in [0, 0.05) is 12.1 Å². The SMILES string of the molecule is CC(C)Oc1ccccc1CNC(C)(C)C(N)=O. The van der Waals surface area contributed by atoms with E-state index in [4.69, 9.17) is 10.5 Å². The van der Waals surface area contributed by atoms with Crippen LogP contribution in [0.1, 0.15) is 33.3 Å². The normalized spacial score (nSPS) is 11.6. The van der Waals surface area contributed by atoms with Crippen molar-refractivity contribution < 1.29 is 9.53 Å². The first-order valence-corrected chi connectivity index (χ1v) is 6.12. The predicted octanol–water partition coefficient (Wildman–Crippen LogP) is 1.83. The van der Waals surface area contributed by atoms with Gasteiger partial charge in [-0.15, -0.1) is 0 Å². The zero-order valence-electron chi connectivity index (χ0n) is 11.5. The maximum atomic E-state index is 11.2. The number of ether oxygens (including phenoxy) is 1. The monoisotopic (exact) mass is 250 g/mol. The molecule has 0 aliphatic carbocycles. The summed E-state index contributed by atoms with van der Waals surface area (Å²) in [5, 5.41) is 3.13. The molecule has 100 valence electrons. The van der Waals surface area contributed by atoms with Crippen LogP contribution in [0.2, 0.25) is 0 Å². The van der Waals surface area contributed by atoms with Crippen molar-refractivity contribution in [3.8, 4) is 5.75 Å². The second kappa shape index (κ2) is 5.87. The van der Waals surface area contributed by atoms with Gasteiger partial charge in [0.2, 0.25) is 5.91 Å². The second-order valence-corrected chi connectivity index (χ2v) is 5.12. The molecule has 0 unspecified atom stereocenters. The van der Waals surface area contributed by atoms with Crippen molar-refractivity contribution in [2.24, 2.45) is 5.73 Å². The highest BCUT2D eigenvalue weighted by Crippen LogP contribution is 2.19. The van der Waals surface area contributed by atoms with E-state index in [9.17, 15) is 4.79 Å². The fourth-order valence-corrected chi connectivity index (χ4v) is 1.42. The van der Waals surface area contributed by atoms with Crippen molar-refractivity contribution in [2.45, 2.75) is 45.9 Å². The smallest absolute Gasteiger partial charge is 0.237 e. The van der Waals surface area contributed by atoms with Crippen LogP contribution in [0.25, 0.3) is 0 Å². The maximum Gasteiger partial charge on any atom is 0.237 e. The number of rotatable bonds is 6. The lowest BCUT2D eigenvalue weighted by atomic mass is 10.0. The number of primary amides is 1. The van der Waals surface area contributed by atoms with Crippen molar-refractivity contribution in [1.29, 1.82) is 0 Å². The number of amides is 1. The third-order valence-corrected chi connectivity index (χ3v) is 2.67. The highest BCUT2D eigenvalue weighted by atomic mass is 16.5. The molecule has 0 aliphatic rings. The summed E-state index contributed by atoms with van der Waals surface area (Å²) in [5.41, 5.74) is 5.60. The molecule has 0 saturated heterocycles. The van der Waals surface area contributed by atoms with Gasteiger partial charge in [-0.3, -0.25) is 10.1 Å². The van der Waals surface area contributed by atoms with Crippen molar-refractivity contribution >= 4 is 5.91 Å². The Morgan fingerprint density at radius 3 is 2.56 bits per heavy atom. The number of hydrogen-bond donors (Lipinski definition) is 2. The number of para-hydroxylation sites is 1. The first-order chi connectivity index (χ1) is 8.33. The highest BCUT2D eigenvalue weighted by Gasteiger charge is 2.24. The van der Waals surface area contributed by atoms with Gasteiger partial charge in [-0.2, -0.15) is 0 Å². The standard InChI is InChI=1S/C14H22N2O2/c1-10(2)18-12-8-6-5-7-11(12)9-16-14(3,4)13(15)17/h5-8,10,16H,9H2,1-4H3,(H2,15,17). The predicted molar refractivity (Wildman–Crippen MR) is 72.3 cm³/mol. The van der Waals surface area contributed by atoms with Gasteiger partial charge in [-0.05, 0) is 33.8 Å². The van der Waals surface area contributed by atoms with E-state index in [1.165, 1.54) is 0 Å². The van der Waals surface area contributed by atoms with Gasteiger partial charge in [0.05, 0.1) is 11.6 Å². The third-order valence-electron chi connectivity index (χ3n) is 2.67. The molecule has 1 rings (SSSR count). The van der Waals surface area contributed by atoms with Crippen molar-refractivity contribution in [2.75, 3.05) is 0 Å². The fraction of sp³-hybridized carbons (Fsp3) is 0.500. The molecule has 1 aromatic rings. The molecule has 0 heterocycles. The molecule has 0 aliphatic heterocycles. The first-order valence-electron chi connectivity index (χ1n) is 6.12. The Morgan fingerprint density at radius 1 is 1.39 bits per heavy atom. The number of hydrogen-bond acceptors (Lipinski definition) is 3. The number of benzene rings is 1. The van der Waals surface area contributed by atoms with Crippen LogP contribution >= 0.6 is 0 Å². The van der Waals surface area contributed by atoms with Crippen molar-refractivity contribution in [3.05, 3.63) is 29.8 Å². The molecule has 0 radical (unpaired) electrons. The van der Waals surface area contributed by atoms with E-state index in [0.717, 1.165) is 11.3 Å². The molecule has 0 fully saturated rings. The zero-order valence-corrected chi connectivity index (χ0v) is 11.5. The second-order valence-electron chi connectivity index (χ2n) is 5.12. The first kappa shape index (κ1) is 14.5. The van der Waals surface area contributed by atoms with Gasteiger partial charge in [0.25, 0.3) is 0 Å². The molecule has 4 heteroatoms. The Bertz CT molecular complexity index is 414. The minimum Gasteiger partial charge on any atom is -0.491 e. The minimum absolute atomic E-state index is 0.121. The Labute approximate surface area is 109 Å². The summed E-state index contributed by atoms with van der Waals surface area (Å²) < 4.78 is 5.71. The van der Waals surface area contributed by atoms with Gasteiger partial charge in [0.15, 0.2) is 0 Å². The van der Waals surface area contributed by atoms with Crippen molar-refractivity contribution in [1.82, 2.24) is 5.32 Å². The van der Waals surface area contributed by atoms with Crippen LogP contribution < -0.4 is 15.8 Å². The summed E-state index contributed by atoms with van der Waals surface area (Å²) in [4.78, 5) is 11.2. The molecule has 0 aromatic heterocycles. The zero-order chi connectivity index (χ0) is 13.8. The van der Waals surface area contributed by atoms with E-state index in [1.54, 1.807) is 13.8 Å². The highest BCUT2D eigenvalue weighted by molar-refractivity contribution is 5.83. The lowest BCUT2D eigenvalue weighted by Gasteiger charge is -2.23. The maximum absolute atomic E-state index is 11.2. The van der Waals surface area contributed by atoms with Crippen LogP contribution in [-0.2, 0) is 11.3 Å². The number of carbonyl (C=O) groups excluding carboxylic acids is 1. The van der Waals surface area contributed by atoms with Crippen LogP contribution in [0.5, 0.6) is 5.75 Å². The Morgan fingerprint density at radius 2 is 2.00 bits per heavy atom. The molecule has 18 heavy (non-hydrogen) atoms. The Hall–Kier alpha value is -1.55. The van der Waals surface area contributed by atoms with Gasteiger partial charge < -0.3 is 10.5 Å². The molecule has 0 atom stereocenters. The molecular formula is C14H22N2O2. The summed E-state index contributed by atoms with van der Waals surface area (Å²) in [6.45, 7) is 8.04. The molecule has 1 amide bonds. The van der Waals surface area contributed by atoms with Crippen LogP contribution in [-0.4, -0.2) is 17.6 Å². The summed E-state index contributed by atoms with van der Waals surface area (Å²) in [7, 11) is 0. The van der Waals surface area contributed by atoms with E-state index in [1.807, 2.05) is 38.1 Å². The van der Waals surface area contributed by atoms with Crippen LogP contribution in [0.3, 0.4) is 0 Å². The molecule has 1 aromatic carbocycles. The molecular weight excluding hydrogens is 228 g/mol. The average Bonchev–Trinajstić information content (AvgIpc) is 2.27. The van der Waals surface area contributed by atoms with Gasteiger partial charge in [-0.1, -0.05) is 18.2 Å². The van der Waals surface area contributed by atoms with Crippen molar-refractivity contribution in [3.63, 3.8) is 0 Å². The molecule has 0 saturated carbocycles. The van der Waals surface area contributed by atoms with Crippen LogP contribution in [0.15, 0.2) is 24.3 Å². The number of nitrogens with one attached hydrogen (secondary N) is 1. The minimum atomic E-state index is -0.731. The molecule has 3 N–H and O–H groups in total. The largest absolute Gasteiger partial charge is 0.491 e. The average molecular weight is 250 g/mol. The van der Waals surface area contributed by atoms with E-state index in [2.05, 4.69) is 5.32 Å². The summed E-state index contributed by atoms with van der Waals surface area (Å²) >= 11 is 0. The quantitative estimate of drug-likeness (QED) is 0.809. The molecule has 0 bridgehead atoms. The Kier molecular flexibility index (Phi) is 4.73. The van der Waals surface area contributed by atoms with E-state index < -0.39 is 5.54 Å². The van der Waals surface area contributed by atoms with Gasteiger partial charge in [-0.25, -0.2) is 0 Å². The van der Waals surface area contributed by atoms with E-state index >= 15 is 0 Å². The van der Waals surface area contributed by atoms with Crippen LogP contribution in [0, 0.1) is 0 Å². The topological polar surface area (TPSA) is 64.3 Å². The fourth-order valence-electron chi connectivity index (χ4n) is 1.42. The Balaban J connectivity index is 2.76. The van der Waals surface area contributed by atoms with Crippen LogP contribution in [0.4, 0.5) is 0 Å². The molecule has 4 nitrogen and oxygen atoms in total. The van der Waals surface area contributed by atoms with Gasteiger partial charge >= 0.3 is 0 Å². The van der Waals surface area contributed by atoms with E-state index in [0.29, 0.717) is 6.54 Å².